The summed E-state index contributed by atoms with van der Waals surface area (Å²) < 4.78 is 21.0. The van der Waals surface area contributed by atoms with Crippen molar-refractivity contribution in [2.75, 3.05) is 37.7 Å². The zero-order chi connectivity index (χ0) is 19.8. The number of ether oxygens (including phenoxy) is 1. The number of hydrogen-bond donors (Lipinski definition) is 1. The lowest BCUT2D eigenvalue weighted by Gasteiger charge is -2.40. The first kappa shape index (κ1) is 18.5. The van der Waals surface area contributed by atoms with Gasteiger partial charge in [0.1, 0.15) is 11.9 Å². The molecule has 1 aromatic carbocycles. The van der Waals surface area contributed by atoms with Crippen LogP contribution in [0, 0.1) is 5.82 Å². The Balaban J connectivity index is 1.33. The highest BCUT2D eigenvalue weighted by atomic mass is 19.1. The van der Waals surface area contributed by atoms with Gasteiger partial charge in [-0.2, -0.15) is 0 Å². The van der Waals surface area contributed by atoms with E-state index >= 15 is 0 Å². The third-order valence-corrected chi connectivity index (χ3v) is 6.20. The molecule has 0 saturated carbocycles. The highest BCUT2D eigenvalue weighted by Gasteiger charge is 2.43. The minimum Gasteiger partial charge on any atom is -0.370 e. The summed E-state index contributed by atoms with van der Waals surface area (Å²) in [7, 11) is 0. The van der Waals surface area contributed by atoms with E-state index in [4.69, 9.17) is 4.74 Å². The molecule has 4 heterocycles. The van der Waals surface area contributed by atoms with E-state index in [1.165, 1.54) is 22.8 Å². The topological polar surface area (TPSA) is 57.3 Å². The molecule has 1 unspecified atom stereocenters. The van der Waals surface area contributed by atoms with Crippen molar-refractivity contribution in [1.82, 2.24) is 19.9 Å². The number of aryl methyl sites for hydroxylation is 1. The zero-order valence-corrected chi connectivity index (χ0v) is 16.7. The van der Waals surface area contributed by atoms with Crippen LogP contribution in [0.25, 0.3) is 10.9 Å². The second-order valence-electron chi connectivity index (χ2n) is 8.08. The largest absolute Gasteiger partial charge is 0.370 e. The van der Waals surface area contributed by atoms with E-state index in [1.54, 1.807) is 0 Å². The predicted octanol–water partition coefficient (Wildman–Crippen LogP) is 3.14. The van der Waals surface area contributed by atoms with Crippen molar-refractivity contribution in [3.05, 3.63) is 53.9 Å². The second-order valence-corrected chi connectivity index (χ2v) is 8.08. The first-order valence-corrected chi connectivity index (χ1v) is 10.3. The molecule has 1 N–H and O–H groups in total. The number of morpholine rings is 1. The summed E-state index contributed by atoms with van der Waals surface area (Å²) in [5.74, 6) is 0.116. The molecule has 2 aromatic heterocycles. The summed E-state index contributed by atoms with van der Waals surface area (Å²) in [6, 6.07) is 8.55. The van der Waals surface area contributed by atoms with Gasteiger partial charge in [0, 0.05) is 49.8 Å². The Bertz CT molecular complexity index is 1020. The van der Waals surface area contributed by atoms with E-state index < -0.39 is 0 Å². The van der Waals surface area contributed by atoms with Crippen LogP contribution in [0.5, 0.6) is 0 Å². The molecule has 2 aliphatic rings. The van der Waals surface area contributed by atoms with Gasteiger partial charge in [-0.1, -0.05) is 19.1 Å². The molecule has 0 aliphatic carbocycles. The average molecular weight is 395 g/mol. The number of rotatable bonds is 4. The fraction of sp³-hybridized carbons (Fsp3) is 0.455. The van der Waals surface area contributed by atoms with Gasteiger partial charge in [-0.3, -0.25) is 4.90 Å². The van der Waals surface area contributed by atoms with Gasteiger partial charge in [0.05, 0.1) is 12.3 Å². The van der Waals surface area contributed by atoms with E-state index in [2.05, 4.69) is 44.1 Å². The molecule has 7 heteroatoms. The van der Waals surface area contributed by atoms with E-state index in [-0.39, 0.29) is 11.4 Å². The number of H-pyrrole nitrogens is 1. The molecule has 29 heavy (non-hydrogen) atoms. The molecule has 0 radical (unpaired) electrons. The van der Waals surface area contributed by atoms with Gasteiger partial charge in [-0.15, -0.1) is 0 Å². The van der Waals surface area contributed by atoms with Crippen LogP contribution in [0.2, 0.25) is 0 Å². The smallest absolute Gasteiger partial charge is 0.187 e. The van der Waals surface area contributed by atoms with Crippen molar-refractivity contribution in [3.8, 4) is 0 Å². The minimum absolute atomic E-state index is 0.270. The van der Waals surface area contributed by atoms with Crippen LogP contribution < -0.4 is 4.90 Å². The van der Waals surface area contributed by atoms with Crippen molar-refractivity contribution < 1.29 is 9.13 Å². The molecule has 152 valence electrons. The monoisotopic (exact) mass is 395 g/mol. The highest BCUT2D eigenvalue weighted by molar-refractivity contribution is 5.82. The van der Waals surface area contributed by atoms with E-state index in [0.29, 0.717) is 31.1 Å². The molecule has 3 aromatic rings. The van der Waals surface area contributed by atoms with Gasteiger partial charge in [0.2, 0.25) is 0 Å². The average Bonchev–Trinajstić information content (AvgIpc) is 3.36. The van der Waals surface area contributed by atoms with Gasteiger partial charge in [-0.05, 0) is 30.5 Å². The molecule has 0 bridgehead atoms. The van der Waals surface area contributed by atoms with Crippen molar-refractivity contribution >= 4 is 16.7 Å². The summed E-state index contributed by atoms with van der Waals surface area (Å²) in [4.78, 5) is 16.1. The van der Waals surface area contributed by atoms with Crippen molar-refractivity contribution in [3.63, 3.8) is 0 Å². The molecule has 1 spiro atoms. The standard InChI is InChI=1S/C22H26FN5O/c1-2-18-20(23)21(26-15-25-18)28-9-7-22(14-28)13-27(10-11-29-22)12-16-4-3-5-19-17(16)6-8-24-19/h3-6,8,15,24H,2,7,9-14H2,1H3. The molecule has 5 rings (SSSR count). The fourth-order valence-electron chi connectivity index (χ4n) is 4.72. The maximum atomic E-state index is 14.7. The van der Waals surface area contributed by atoms with E-state index in [1.807, 2.05) is 18.0 Å². The first-order chi connectivity index (χ1) is 14.2. The van der Waals surface area contributed by atoms with E-state index in [9.17, 15) is 4.39 Å². The van der Waals surface area contributed by atoms with Gasteiger partial charge in [0.15, 0.2) is 11.6 Å². The lowest BCUT2D eigenvalue weighted by Crippen LogP contribution is -2.53. The Hall–Kier alpha value is -2.51. The number of anilines is 1. The van der Waals surface area contributed by atoms with Gasteiger partial charge < -0.3 is 14.6 Å². The van der Waals surface area contributed by atoms with Gasteiger partial charge in [0.25, 0.3) is 0 Å². The Morgan fingerprint density at radius 2 is 2.14 bits per heavy atom. The summed E-state index contributed by atoms with van der Waals surface area (Å²) in [5.41, 5.74) is 2.70. The summed E-state index contributed by atoms with van der Waals surface area (Å²) in [5, 5.41) is 1.27. The van der Waals surface area contributed by atoms with Crippen LogP contribution in [0.1, 0.15) is 24.6 Å². The number of benzene rings is 1. The van der Waals surface area contributed by atoms with Crippen LogP contribution >= 0.6 is 0 Å². The summed E-state index contributed by atoms with van der Waals surface area (Å²) in [6.45, 7) is 6.66. The predicted molar refractivity (Wildman–Crippen MR) is 110 cm³/mol. The molecular formula is C22H26FN5O. The highest BCUT2D eigenvalue weighted by Crippen LogP contribution is 2.33. The molecule has 2 fully saturated rings. The lowest BCUT2D eigenvalue weighted by molar-refractivity contribution is -0.0973. The normalized spacial score (nSPS) is 22.8. The quantitative estimate of drug-likeness (QED) is 0.736. The van der Waals surface area contributed by atoms with Crippen molar-refractivity contribution in [1.29, 1.82) is 0 Å². The van der Waals surface area contributed by atoms with Crippen LogP contribution in [0.3, 0.4) is 0 Å². The minimum atomic E-state index is -0.293. The summed E-state index contributed by atoms with van der Waals surface area (Å²) >= 11 is 0. The Morgan fingerprint density at radius 3 is 3.03 bits per heavy atom. The SMILES string of the molecule is CCc1ncnc(N2CCC3(CN(Cc4cccc5[nH]ccc45)CCO3)C2)c1F. The molecule has 6 nitrogen and oxygen atoms in total. The van der Waals surface area contributed by atoms with Crippen LogP contribution in [0.15, 0.2) is 36.8 Å². The zero-order valence-electron chi connectivity index (χ0n) is 16.7. The maximum absolute atomic E-state index is 14.7. The number of fused-ring (bicyclic) bond motifs is 1. The molecule has 2 aliphatic heterocycles. The van der Waals surface area contributed by atoms with E-state index in [0.717, 1.165) is 32.6 Å². The third kappa shape index (κ3) is 3.38. The van der Waals surface area contributed by atoms with Crippen molar-refractivity contribution in [2.24, 2.45) is 0 Å². The first-order valence-electron chi connectivity index (χ1n) is 10.3. The van der Waals surface area contributed by atoms with Gasteiger partial charge in [-0.25, -0.2) is 14.4 Å². The maximum Gasteiger partial charge on any atom is 0.187 e. The Labute approximate surface area is 169 Å². The van der Waals surface area contributed by atoms with Crippen LogP contribution in [0.4, 0.5) is 10.2 Å². The molecule has 0 amide bonds. The number of aromatic amines is 1. The van der Waals surface area contributed by atoms with Crippen LogP contribution in [-0.4, -0.2) is 58.2 Å². The molecular weight excluding hydrogens is 369 g/mol. The number of nitrogens with zero attached hydrogens (tertiary/aromatic N) is 4. The molecule has 1 atom stereocenters. The van der Waals surface area contributed by atoms with Crippen LogP contribution in [-0.2, 0) is 17.7 Å². The second kappa shape index (κ2) is 7.39. The number of hydrogen-bond acceptors (Lipinski definition) is 5. The third-order valence-electron chi connectivity index (χ3n) is 6.20. The summed E-state index contributed by atoms with van der Waals surface area (Å²) in [6.07, 6.45) is 4.90. The number of aromatic nitrogens is 3. The van der Waals surface area contributed by atoms with Gasteiger partial charge >= 0.3 is 0 Å². The molecule has 2 saturated heterocycles. The Kier molecular flexibility index (Phi) is 4.72. The number of nitrogens with one attached hydrogen (secondary N) is 1. The van der Waals surface area contributed by atoms with Crippen molar-refractivity contribution in [2.45, 2.75) is 31.9 Å². The Morgan fingerprint density at radius 1 is 1.21 bits per heavy atom. The lowest BCUT2D eigenvalue weighted by atomic mass is 9.99. The fourth-order valence-corrected chi connectivity index (χ4v) is 4.72. The number of halogens is 1.